The van der Waals surface area contributed by atoms with Gasteiger partial charge in [-0.15, -0.1) is 0 Å². The molecule has 1 fully saturated rings. The van der Waals surface area contributed by atoms with E-state index < -0.39 is 36.1 Å². The van der Waals surface area contributed by atoms with Crippen LogP contribution in [0.4, 0.5) is 28.0 Å². The Morgan fingerprint density at radius 3 is 2.59 bits per heavy atom. The van der Waals surface area contributed by atoms with Crippen molar-refractivity contribution >= 4 is 34.6 Å². The zero-order valence-electron chi connectivity index (χ0n) is 17.1. The number of anilines is 1. The summed E-state index contributed by atoms with van der Waals surface area (Å²) >= 11 is 1.11. The van der Waals surface area contributed by atoms with Crippen molar-refractivity contribution < 1.29 is 26.8 Å². The van der Waals surface area contributed by atoms with Crippen LogP contribution < -0.4 is 10.0 Å². The van der Waals surface area contributed by atoms with Crippen molar-refractivity contribution in [2.45, 2.75) is 24.8 Å². The highest BCUT2D eigenvalue weighted by Gasteiger charge is 2.42. The number of halogens is 4. The first-order valence-electron chi connectivity index (χ1n) is 9.98. The second-order valence-corrected chi connectivity index (χ2v) is 8.16. The highest BCUT2D eigenvalue weighted by Crippen LogP contribution is 2.38. The second kappa shape index (κ2) is 9.03. The Morgan fingerprint density at radius 2 is 1.88 bits per heavy atom. The minimum atomic E-state index is -2.95. The van der Waals surface area contributed by atoms with Gasteiger partial charge < -0.3 is 14.6 Å². The van der Waals surface area contributed by atoms with Gasteiger partial charge in [-0.25, -0.2) is 22.4 Å². The first-order chi connectivity index (χ1) is 15.3. The molecule has 2 N–H and O–H groups in total. The minimum absolute atomic E-state index is 0.0824. The summed E-state index contributed by atoms with van der Waals surface area (Å²) in [5.41, 5.74) is 0.509. The van der Waals surface area contributed by atoms with Crippen molar-refractivity contribution in [1.29, 1.82) is 0 Å². The third-order valence-electron chi connectivity index (χ3n) is 5.53. The summed E-state index contributed by atoms with van der Waals surface area (Å²) < 4.78 is 65.7. The Hall–Kier alpha value is -2.72. The van der Waals surface area contributed by atoms with E-state index in [0.29, 0.717) is 11.0 Å². The Morgan fingerprint density at radius 1 is 1.16 bits per heavy atom. The number of carbonyl (C=O) groups excluding carboxylic acids is 1. The van der Waals surface area contributed by atoms with Gasteiger partial charge in [-0.2, -0.15) is 0 Å². The largest absolute Gasteiger partial charge is 0.462 e. The van der Waals surface area contributed by atoms with Crippen LogP contribution >= 0.6 is 11.9 Å². The van der Waals surface area contributed by atoms with Crippen LogP contribution in [0.3, 0.4) is 0 Å². The number of likely N-dealkylation sites (tertiary alicyclic amines) is 1. The molecule has 2 amide bonds. The van der Waals surface area contributed by atoms with Gasteiger partial charge in [0.25, 0.3) is 5.92 Å². The lowest BCUT2D eigenvalue weighted by molar-refractivity contribution is -0.0330. The maximum absolute atomic E-state index is 14.4. The van der Waals surface area contributed by atoms with E-state index >= 15 is 0 Å². The average Bonchev–Trinajstić information content (AvgIpc) is 3.09. The van der Waals surface area contributed by atoms with Gasteiger partial charge >= 0.3 is 6.03 Å². The third-order valence-corrected chi connectivity index (χ3v) is 6.05. The van der Waals surface area contributed by atoms with E-state index in [1.165, 1.54) is 23.3 Å². The minimum Gasteiger partial charge on any atom is -0.462 e. The number of benzene rings is 2. The number of furan rings is 1. The van der Waals surface area contributed by atoms with Gasteiger partial charge in [0.1, 0.15) is 23.5 Å². The molecule has 10 heteroatoms. The van der Waals surface area contributed by atoms with E-state index in [1.807, 2.05) is 0 Å². The average molecular weight is 467 g/mol. The number of alkyl halides is 2. The molecule has 1 aromatic heterocycles. The SMILES string of the molecule is CSN[C@@H]1CCN(C(=O)Nc2coc3cccc(-c4c(F)cccc4F)c23)CCC1(F)F. The highest BCUT2D eigenvalue weighted by molar-refractivity contribution is 7.96. The van der Waals surface area contributed by atoms with Crippen LogP contribution in [0.1, 0.15) is 12.8 Å². The summed E-state index contributed by atoms with van der Waals surface area (Å²) in [5.74, 6) is -4.45. The number of hydrogen-bond donors (Lipinski definition) is 2. The molecule has 0 unspecified atom stereocenters. The van der Waals surface area contributed by atoms with Gasteiger partial charge in [0, 0.05) is 25.1 Å². The second-order valence-electron chi connectivity index (χ2n) is 7.52. The Labute approximate surface area is 186 Å². The zero-order chi connectivity index (χ0) is 22.9. The van der Waals surface area contributed by atoms with Crippen LogP contribution in [-0.4, -0.2) is 42.2 Å². The van der Waals surface area contributed by atoms with E-state index in [9.17, 15) is 22.4 Å². The third kappa shape index (κ3) is 4.29. The van der Waals surface area contributed by atoms with E-state index in [-0.39, 0.29) is 36.3 Å². The molecule has 1 aliphatic rings. The predicted octanol–water partition coefficient (Wildman–Crippen LogP) is 5.88. The van der Waals surface area contributed by atoms with Gasteiger partial charge in [0.2, 0.25) is 0 Å². The summed E-state index contributed by atoms with van der Waals surface area (Å²) in [6.45, 7) is 0.000208. The van der Waals surface area contributed by atoms with Crippen LogP contribution in [0.25, 0.3) is 22.1 Å². The predicted molar refractivity (Wildman–Crippen MR) is 117 cm³/mol. The number of nitrogens with zero attached hydrogens (tertiary/aromatic N) is 1. The molecule has 0 aliphatic carbocycles. The van der Waals surface area contributed by atoms with Gasteiger partial charge in [0.05, 0.1) is 22.7 Å². The topological polar surface area (TPSA) is 57.5 Å². The molecule has 0 bridgehead atoms. The van der Waals surface area contributed by atoms with Crippen LogP contribution in [0.2, 0.25) is 0 Å². The maximum atomic E-state index is 14.4. The molecular formula is C22H21F4N3O2S. The smallest absolute Gasteiger partial charge is 0.321 e. The Balaban J connectivity index is 1.62. The molecule has 2 aromatic carbocycles. The summed E-state index contributed by atoms with van der Waals surface area (Å²) in [6, 6.07) is 6.66. The molecular weight excluding hydrogens is 446 g/mol. The number of carbonyl (C=O) groups is 1. The van der Waals surface area contributed by atoms with Crippen LogP contribution in [0.5, 0.6) is 0 Å². The lowest BCUT2D eigenvalue weighted by Crippen LogP contribution is -2.41. The van der Waals surface area contributed by atoms with Gasteiger partial charge in [-0.3, -0.25) is 4.72 Å². The zero-order valence-corrected chi connectivity index (χ0v) is 17.9. The van der Waals surface area contributed by atoms with Crippen molar-refractivity contribution in [3.05, 3.63) is 54.3 Å². The normalized spacial score (nSPS) is 18.5. The van der Waals surface area contributed by atoms with Crippen LogP contribution in [0.15, 0.2) is 47.1 Å². The number of hydrogen-bond acceptors (Lipinski definition) is 4. The van der Waals surface area contributed by atoms with Crippen LogP contribution in [0, 0.1) is 11.6 Å². The van der Waals surface area contributed by atoms with Crippen molar-refractivity contribution in [1.82, 2.24) is 9.62 Å². The highest BCUT2D eigenvalue weighted by atomic mass is 32.2. The molecule has 3 aromatic rings. The molecule has 0 spiro atoms. The Kier molecular flexibility index (Phi) is 6.34. The lowest BCUT2D eigenvalue weighted by atomic mass is 10.00. The maximum Gasteiger partial charge on any atom is 0.321 e. The Bertz CT molecular complexity index is 1120. The first kappa shape index (κ1) is 22.5. The summed E-state index contributed by atoms with van der Waals surface area (Å²) in [6.07, 6.45) is 2.55. The fraction of sp³-hybridized carbons (Fsp3) is 0.318. The van der Waals surface area contributed by atoms with E-state index in [1.54, 1.807) is 18.4 Å². The van der Waals surface area contributed by atoms with Crippen molar-refractivity contribution in [2.75, 3.05) is 24.7 Å². The van der Waals surface area contributed by atoms with Crippen molar-refractivity contribution in [3.63, 3.8) is 0 Å². The standard InChI is InChI=1S/C22H21F4N3O2S/c1-32-28-18-8-10-29(11-9-22(18,25)26)21(30)27-16-12-31-17-7-2-4-13(20(16)17)19-14(23)5-3-6-15(19)24/h2-7,12,18,28H,8-11H2,1H3,(H,27,30)/t18-/m1/s1. The van der Waals surface area contributed by atoms with Gasteiger partial charge in [0.15, 0.2) is 0 Å². The van der Waals surface area contributed by atoms with Crippen LogP contribution in [-0.2, 0) is 0 Å². The number of urea groups is 1. The summed E-state index contributed by atoms with van der Waals surface area (Å²) in [4.78, 5) is 14.2. The summed E-state index contributed by atoms with van der Waals surface area (Å²) in [7, 11) is 0. The molecule has 2 heterocycles. The number of nitrogens with one attached hydrogen (secondary N) is 2. The number of fused-ring (bicyclic) bond motifs is 1. The lowest BCUT2D eigenvalue weighted by Gasteiger charge is -2.23. The molecule has 1 aliphatic heterocycles. The quantitative estimate of drug-likeness (QED) is 0.372. The monoisotopic (exact) mass is 467 g/mol. The summed E-state index contributed by atoms with van der Waals surface area (Å²) in [5, 5.41) is 2.99. The fourth-order valence-corrected chi connectivity index (χ4v) is 4.47. The van der Waals surface area contributed by atoms with E-state index in [0.717, 1.165) is 24.1 Å². The first-order valence-corrected chi connectivity index (χ1v) is 11.2. The van der Waals surface area contributed by atoms with Crippen molar-refractivity contribution in [3.8, 4) is 11.1 Å². The number of amides is 2. The van der Waals surface area contributed by atoms with Gasteiger partial charge in [-0.05, 0) is 30.9 Å². The molecule has 0 saturated carbocycles. The van der Waals surface area contributed by atoms with E-state index in [4.69, 9.17) is 4.42 Å². The van der Waals surface area contributed by atoms with E-state index in [2.05, 4.69) is 10.0 Å². The molecule has 1 atom stereocenters. The fourth-order valence-electron chi connectivity index (χ4n) is 3.89. The van der Waals surface area contributed by atoms with Gasteiger partial charge in [-0.1, -0.05) is 30.1 Å². The molecule has 32 heavy (non-hydrogen) atoms. The molecule has 4 rings (SSSR count). The molecule has 0 radical (unpaired) electrons. The molecule has 170 valence electrons. The molecule has 1 saturated heterocycles. The molecule has 5 nitrogen and oxygen atoms in total. The number of rotatable bonds is 4. The van der Waals surface area contributed by atoms with Crippen molar-refractivity contribution in [2.24, 2.45) is 0 Å².